The zero-order valence-corrected chi connectivity index (χ0v) is 15.4. The molecule has 1 aromatic heterocycles. The molecule has 0 radical (unpaired) electrons. The predicted octanol–water partition coefficient (Wildman–Crippen LogP) is 4.12. The second-order valence-corrected chi connectivity index (χ2v) is 6.67. The van der Waals surface area contributed by atoms with Gasteiger partial charge in [0.05, 0.1) is 13.3 Å². The van der Waals surface area contributed by atoms with Crippen LogP contribution in [0.1, 0.15) is 29.0 Å². The highest BCUT2D eigenvalue weighted by Gasteiger charge is 2.31. The molecule has 1 amide bonds. The highest BCUT2D eigenvalue weighted by Crippen LogP contribution is 2.43. The molecule has 0 spiro atoms. The van der Waals surface area contributed by atoms with Crippen LogP contribution >= 0.6 is 11.6 Å². The van der Waals surface area contributed by atoms with E-state index in [1.807, 2.05) is 42.5 Å². The maximum Gasteiger partial charge on any atom is 0.226 e. The van der Waals surface area contributed by atoms with Crippen LogP contribution in [0.25, 0.3) is 0 Å². The van der Waals surface area contributed by atoms with Crippen molar-refractivity contribution in [2.75, 3.05) is 12.4 Å². The van der Waals surface area contributed by atoms with Gasteiger partial charge in [0.25, 0.3) is 0 Å². The number of fused-ring (bicyclic) bond motifs is 1. The number of benzene rings is 2. The highest BCUT2D eigenvalue weighted by molar-refractivity contribution is 6.31. The Morgan fingerprint density at radius 1 is 1.19 bits per heavy atom. The van der Waals surface area contributed by atoms with Crippen LogP contribution in [0.4, 0.5) is 5.82 Å². The molecular formula is C20H18ClN3O3. The number of hydrogen-bond donors (Lipinski definition) is 2. The lowest BCUT2D eigenvalue weighted by atomic mass is 9.86. The van der Waals surface area contributed by atoms with Crippen molar-refractivity contribution in [1.82, 2.24) is 10.2 Å². The Hall–Kier alpha value is -2.99. The Balaban J connectivity index is 1.72. The number of amides is 1. The third-order valence-electron chi connectivity index (χ3n) is 4.63. The Labute approximate surface area is 161 Å². The zero-order chi connectivity index (χ0) is 18.8. The van der Waals surface area contributed by atoms with Crippen molar-refractivity contribution in [2.24, 2.45) is 0 Å². The average Bonchev–Trinajstić information content (AvgIpc) is 3.15. The molecule has 2 N–H and O–H groups in total. The minimum Gasteiger partial charge on any atom is -0.493 e. The lowest BCUT2D eigenvalue weighted by molar-refractivity contribution is -0.116. The Morgan fingerprint density at radius 2 is 2.04 bits per heavy atom. The summed E-state index contributed by atoms with van der Waals surface area (Å²) in [7, 11) is 1.60. The number of carbonyl (C=O) groups excluding carboxylic acids is 1. The number of para-hydroxylation sites is 1. The van der Waals surface area contributed by atoms with Crippen molar-refractivity contribution >= 4 is 23.3 Å². The first kappa shape index (κ1) is 17.4. The van der Waals surface area contributed by atoms with E-state index in [4.69, 9.17) is 21.1 Å². The van der Waals surface area contributed by atoms with Crippen LogP contribution in [-0.4, -0.2) is 23.2 Å². The summed E-state index contributed by atoms with van der Waals surface area (Å²) < 4.78 is 11.6. The van der Waals surface area contributed by atoms with Crippen molar-refractivity contribution in [1.29, 1.82) is 0 Å². The van der Waals surface area contributed by atoms with Gasteiger partial charge < -0.3 is 14.8 Å². The van der Waals surface area contributed by atoms with E-state index in [0.29, 0.717) is 35.4 Å². The van der Waals surface area contributed by atoms with Crippen molar-refractivity contribution < 1.29 is 14.3 Å². The number of methoxy groups -OCH3 is 1. The molecule has 0 fully saturated rings. The number of nitrogens with zero attached hydrogens (tertiary/aromatic N) is 1. The number of H-pyrrole nitrogens is 1. The van der Waals surface area contributed by atoms with Gasteiger partial charge in [-0.3, -0.25) is 9.89 Å². The van der Waals surface area contributed by atoms with Gasteiger partial charge >= 0.3 is 0 Å². The fourth-order valence-electron chi connectivity index (χ4n) is 3.31. The van der Waals surface area contributed by atoms with Gasteiger partial charge in [0.1, 0.15) is 12.4 Å². The molecule has 1 aliphatic heterocycles. The summed E-state index contributed by atoms with van der Waals surface area (Å²) in [4.78, 5) is 12.1. The van der Waals surface area contributed by atoms with Gasteiger partial charge in [0.15, 0.2) is 11.5 Å². The topological polar surface area (TPSA) is 76.2 Å². The molecule has 4 rings (SSSR count). The molecule has 138 valence electrons. The highest BCUT2D eigenvalue weighted by atomic mass is 35.5. The molecule has 7 heteroatoms. The van der Waals surface area contributed by atoms with E-state index in [0.717, 1.165) is 16.7 Å². The molecule has 0 bridgehead atoms. The quantitative estimate of drug-likeness (QED) is 0.694. The number of hydrogen-bond acceptors (Lipinski definition) is 4. The maximum absolute atomic E-state index is 12.1. The Bertz CT molecular complexity index is 986. The fourth-order valence-corrected chi connectivity index (χ4v) is 3.50. The normalized spacial score (nSPS) is 15.8. The molecular weight excluding hydrogens is 366 g/mol. The van der Waals surface area contributed by atoms with E-state index in [1.54, 1.807) is 13.3 Å². The number of aromatic nitrogens is 2. The van der Waals surface area contributed by atoms with Gasteiger partial charge in [-0.25, -0.2) is 0 Å². The number of halogens is 1. The van der Waals surface area contributed by atoms with Crippen LogP contribution in [0.5, 0.6) is 11.5 Å². The molecule has 1 atom stereocenters. The largest absolute Gasteiger partial charge is 0.493 e. The third kappa shape index (κ3) is 3.36. The fraction of sp³-hybridized carbons (Fsp3) is 0.200. The molecule has 2 heterocycles. The molecule has 1 aliphatic rings. The van der Waals surface area contributed by atoms with Gasteiger partial charge in [0, 0.05) is 34.1 Å². The molecule has 0 unspecified atom stereocenters. The number of ether oxygens (including phenoxy) is 2. The lowest BCUT2D eigenvalue weighted by Gasteiger charge is -2.25. The van der Waals surface area contributed by atoms with Gasteiger partial charge in [0.2, 0.25) is 5.91 Å². The summed E-state index contributed by atoms with van der Waals surface area (Å²) in [6, 6.07) is 13.2. The van der Waals surface area contributed by atoms with Crippen molar-refractivity contribution in [3.8, 4) is 11.5 Å². The second kappa shape index (κ2) is 7.32. The second-order valence-electron chi connectivity index (χ2n) is 6.26. The summed E-state index contributed by atoms with van der Waals surface area (Å²) in [5.41, 5.74) is 2.67. The standard InChI is InChI=1S/C20H18ClN3O3/c1-26-17-8-4-6-13(14-9-18(25)23-20-15(14)10-22-24-20)19(17)27-11-12-5-2-3-7-16(12)21/h2-8,10,14H,9,11H2,1H3,(H2,22,23,24,25)/t14-/m0/s1. The van der Waals surface area contributed by atoms with Crippen LogP contribution in [-0.2, 0) is 11.4 Å². The molecule has 2 aromatic carbocycles. The number of nitrogens with one attached hydrogen (secondary N) is 2. The number of aromatic amines is 1. The van der Waals surface area contributed by atoms with E-state index >= 15 is 0 Å². The van der Waals surface area contributed by atoms with Crippen LogP contribution in [0.2, 0.25) is 5.02 Å². The molecule has 0 saturated carbocycles. The first-order valence-electron chi connectivity index (χ1n) is 8.53. The van der Waals surface area contributed by atoms with Gasteiger partial charge in [-0.15, -0.1) is 0 Å². The van der Waals surface area contributed by atoms with E-state index in [2.05, 4.69) is 15.5 Å². The monoisotopic (exact) mass is 383 g/mol. The molecule has 6 nitrogen and oxygen atoms in total. The van der Waals surface area contributed by atoms with Crippen LogP contribution < -0.4 is 14.8 Å². The van der Waals surface area contributed by atoms with Gasteiger partial charge in [-0.2, -0.15) is 5.10 Å². The van der Waals surface area contributed by atoms with Gasteiger partial charge in [-0.05, 0) is 12.1 Å². The Kier molecular flexibility index (Phi) is 4.73. The zero-order valence-electron chi connectivity index (χ0n) is 14.7. The minimum atomic E-state index is -0.177. The van der Waals surface area contributed by atoms with E-state index in [-0.39, 0.29) is 11.8 Å². The minimum absolute atomic E-state index is 0.0726. The third-order valence-corrected chi connectivity index (χ3v) is 5.00. The van der Waals surface area contributed by atoms with Crippen LogP contribution in [0.3, 0.4) is 0 Å². The summed E-state index contributed by atoms with van der Waals surface area (Å²) in [5.74, 6) is 1.58. The van der Waals surface area contributed by atoms with Crippen LogP contribution in [0.15, 0.2) is 48.7 Å². The SMILES string of the molecule is COc1cccc([C@@H]2CC(=O)Nc3[nH]ncc32)c1OCc1ccccc1Cl. The lowest BCUT2D eigenvalue weighted by Crippen LogP contribution is -2.23. The predicted molar refractivity (Wildman–Crippen MR) is 102 cm³/mol. The summed E-state index contributed by atoms with van der Waals surface area (Å²) >= 11 is 6.25. The first-order chi connectivity index (χ1) is 13.2. The average molecular weight is 384 g/mol. The van der Waals surface area contributed by atoms with Crippen molar-refractivity contribution in [3.05, 3.63) is 70.4 Å². The van der Waals surface area contributed by atoms with Crippen molar-refractivity contribution in [2.45, 2.75) is 18.9 Å². The molecule has 0 saturated heterocycles. The number of anilines is 1. The van der Waals surface area contributed by atoms with Crippen LogP contribution in [0, 0.1) is 0 Å². The van der Waals surface area contributed by atoms with Crippen molar-refractivity contribution in [3.63, 3.8) is 0 Å². The molecule has 0 aliphatic carbocycles. The Morgan fingerprint density at radius 3 is 2.85 bits per heavy atom. The maximum atomic E-state index is 12.1. The number of carbonyl (C=O) groups is 1. The first-order valence-corrected chi connectivity index (χ1v) is 8.91. The van der Waals surface area contributed by atoms with Gasteiger partial charge in [-0.1, -0.05) is 41.9 Å². The smallest absolute Gasteiger partial charge is 0.226 e. The molecule has 3 aromatic rings. The number of rotatable bonds is 5. The summed E-state index contributed by atoms with van der Waals surface area (Å²) in [5, 5.41) is 10.3. The van der Waals surface area contributed by atoms with E-state index in [1.165, 1.54) is 0 Å². The summed E-state index contributed by atoms with van der Waals surface area (Å²) in [6.07, 6.45) is 2.04. The van der Waals surface area contributed by atoms with E-state index in [9.17, 15) is 4.79 Å². The summed E-state index contributed by atoms with van der Waals surface area (Å²) in [6.45, 7) is 0.296. The molecule has 27 heavy (non-hydrogen) atoms. The van der Waals surface area contributed by atoms with E-state index < -0.39 is 0 Å².